The fraction of sp³-hybridized carbons (Fsp3) is 0.926. The Bertz CT molecular complexity index is 1260. The minimum Gasteiger partial charge on any atom is -0.394 e. The summed E-state index contributed by atoms with van der Waals surface area (Å²) in [6.07, 6.45) is 68.1. The van der Waals surface area contributed by atoms with E-state index in [2.05, 4.69) is 43.5 Å². The molecule has 0 bridgehead atoms. The Morgan fingerprint density at radius 3 is 1.12 bits per heavy atom. The van der Waals surface area contributed by atoms with Gasteiger partial charge in [0.1, 0.15) is 24.4 Å². The lowest BCUT2D eigenvalue weighted by Gasteiger charge is -2.40. The van der Waals surface area contributed by atoms with Crippen LogP contribution >= 0.6 is 0 Å². The van der Waals surface area contributed by atoms with Crippen LogP contribution in [0.15, 0.2) is 24.3 Å². The van der Waals surface area contributed by atoms with Crippen molar-refractivity contribution in [1.29, 1.82) is 0 Å². The van der Waals surface area contributed by atoms with Gasteiger partial charge in [-0.1, -0.05) is 321 Å². The molecule has 0 aromatic carbocycles. The Kier molecular flexibility index (Phi) is 55.4. The van der Waals surface area contributed by atoms with Gasteiger partial charge in [0.2, 0.25) is 5.91 Å². The standard InChI is InChI=1S/C68H131NO8/c1-3-5-7-9-11-13-15-17-19-21-23-24-25-26-27-28-29-30-31-32-33-34-35-36-37-38-40-42-44-46-48-50-52-54-56-58-64(72)69-61(60-76-68-67(75)66(74)65(73)63(59-70)77-68)62(71)57-55-53-51-49-47-45-43-41-39-22-20-18-16-14-12-10-8-6-4-2/h25-26,28-29,61-63,65-68,70-71,73-75H,3-24,27,30-60H2,1-2H3,(H,69,72)/b26-25-,29-28-. The van der Waals surface area contributed by atoms with E-state index in [0.29, 0.717) is 12.8 Å². The van der Waals surface area contributed by atoms with Gasteiger partial charge in [-0.05, 0) is 44.9 Å². The molecule has 9 heteroatoms. The van der Waals surface area contributed by atoms with Crippen LogP contribution in [0.5, 0.6) is 0 Å². The Labute approximate surface area is 477 Å². The van der Waals surface area contributed by atoms with Gasteiger partial charge < -0.3 is 40.3 Å². The summed E-state index contributed by atoms with van der Waals surface area (Å²) in [7, 11) is 0. The third-order valence-electron chi connectivity index (χ3n) is 16.6. The second-order valence-electron chi connectivity index (χ2n) is 24.0. The van der Waals surface area contributed by atoms with Crippen LogP contribution in [-0.4, -0.2) is 87.5 Å². The molecule has 0 aromatic heterocycles. The minimum atomic E-state index is -1.55. The Balaban J connectivity index is 2.08. The molecule has 1 aliphatic rings. The van der Waals surface area contributed by atoms with Gasteiger partial charge in [0.25, 0.3) is 0 Å². The van der Waals surface area contributed by atoms with Gasteiger partial charge in [-0.2, -0.15) is 0 Å². The number of amides is 1. The number of allylic oxidation sites excluding steroid dienone is 4. The molecular weight excluding hydrogens is 959 g/mol. The molecule has 0 saturated carbocycles. The largest absolute Gasteiger partial charge is 0.394 e. The third-order valence-corrected chi connectivity index (χ3v) is 16.6. The second kappa shape index (κ2) is 57.9. The molecule has 456 valence electrons. The fourth-order valence-corrected chi connectivity index (χ4v) is 11.2. The zero-order valence-corrected chi connectivity index (χ0v) is 51.0. The molecule has 1 rings (SSSR count). The van der Waals surface area contributed by atoms with Gasteiger partial charge in [-0.25, -0.2) is 0 Å². The molecule has 1 fully saturated rings. The van der Waals surface area contributed by atoms with Crippen molar-refractivity contribution >= 4 is 5.91 Å². The quantitative estimate of drug-likeness (QED) is 0.0261. The normalized spacial score (nSPS) is 18.8. The van der Waals surface area contributed by atoms with Crippen molar-refractivity contribution in [2.24, 2.45) is 0 Å². The average molecular weight is 1090 g/mol. The van der Waals surface area contributed by atoms with Gasteiger partial charge in [0.05, 0.1) is 25.4 Å². The summed E-state index contributed by atoms with van der Waals surface area (Å²) in [4.78, 5) is 13.1. The molecule has 6 N–H and O–H groups in total. The van der Waals surface area contributed by atoms with E-state index < -0.39 is 49.5 Å². The van der Waals surface area contributed by atoms with Crippen LogP contribution in [0, 0.1) is 0 Å². The predicted octanol–water partition coefficient (Wildman–Crippen LogP) is 18.1. The number of ether oxygens (including phenoxy) is 2. The summed E-state index contributed by atoms with van der Waals surface area (Å²) in [6.45, 7) is 3.89. The minimum absolute atomic E-state index is 0.134. The lowest BCUT2D eigenvalue weighted by atomic mass is 9.99. The van der Waals surface area contributed by atoms with Gasteiger partial charge in [0, 0.05) is 6.42 Å². The summed E-state index contributed by atoms with van der Waals surface area (Å²) in [5.74, 6) is -0.137. The van der Waals surface area contributed by atoms with Crippen molar-refractivity contribution in [3.63, 3.8) is 0 Å². The zero-order valence-electron chi connectivity index (χ0n) is 51.0. The number of aliphatic hydroxyl groups is 5. The number of carbonyl (C=O) groups excluding carboxylic acids is 1. The Hall–Kier alpha value is -1.33. The molecule has 1 amide bonds. The topological polar surface area (TPSA) is 149 Å². The monoisotopic (exact) mass is 1090 g/mol. The Morgan fingerprint density at radius 1 is 0.442 bits per heavy atom. The molecule has 0 radical (unpaired) electrons. The molecule has 1 aliphatic heterocycles. The van der Waals surface area contributed by atoms with Crippen molar-refractivity contribution in [3.8, 4) is 0 Å². The average Bonchev–Trinajstić information content (AvgIpc) is 3.43. The SMILES string of the molecule is CCCCCCCCCCCCC/C=C\C/C=C\CCCCCCCCCCCCCCCCCCCC(=O)NC(COC1OC(CO)C(O)C(O)C1O)C(O)CCCCCCCCCCCCCCCCCCCCC. The lowest BCUT2D eigenvalue weighted by Crippen LogP contribution is -2.60. The number of rotatable bonds is 60. The zero-order chi connectivity index (χ0) is 55.8. The fourth-order valence-electron chi connectivity index (χ4n) is 11.2. The van der Waals surface area contributed by atoms with Crippen LogP contribution in [0.1, 0.15) is 348 Å². The number of carbonyl (C=O) groups is 1. The van der Waals surface area contributed by atoms with Crippen molar-refractivity contribution in [2.75, 3.05) is 13.2 Å². The first-order chi connectivity index (χ1) is 37.8. The molecule has 77 heavy (non-hydrogen) atoms. The molecule has 0 aliphatic carbocycles. The second-order valence-corrected chi connectivity index (χ2v) is 24.0. The van der Waals surface area contributed by atoms with Crippen LogP contribution < -0.4 is 5.32 Å². The molecular formula is C68H131NO8. The molecule has 9 nitrogen and oxygen atoms in total. The first-order valence-electron chi connectivity index (χ1n) is 34.0. The summed E-state index contributed by atoms with van der Waals surface area (Å²) in [6, 6.07) is -0.718. The van der Waals surface area contributed by atoms with Crippen molar-refractivity contribution in [3.05, 3.63) is 24.3 Å². The predicted molar refractivity (Wildman–Crippen MR) is 327 cm³/mol. The summed E-state index contributed by atoms with van der Waals surface area (Å²) < 4.78 is 11.4. The molecule has 7 unspecified atom stereocenters. The number of unbranched alkanes of at least 4 members (excludes halogenated alkanes) is 46. The molecule has 1 saturated heterocycles. The van der Waals surface area contributed by atoms with E-state index in [-0.39, 0.29) is 12.5 Å². The van der Waals surface area contributed by atoms with Crippen molar-refractivity contribution < 1.29 is 39.8 Å². The number of aliphatic hydroxyl groups excluding tert-OH is 5. The van der Waals surface area contributed by atoms with Crippen molar-refractivity contribution in [2.45, 2.75) is 391 Å². The maximum atomic E-state index is 13.1. The van der Waals surface area contributed by atoms with Crippen LogP contribution in [0.3, 0.4) is 0 Å². The van der Waals surface area contributed by atoms with E-state index in [9.17, 15) is 30.3 Å². The maximum Gasteiger partial charge on any atom is 0.220 e. The van der Waals surface area contributed by atoms with Gasteiger partial charge in [0.15, 0.2) is 6.29 Å². The lowest BCUT2D eigenvalue weighted by molar-refractivity contribution is -0.302. The number of hydrogen-bond acceptors (Lipinski definition) is 8. The van der Waals surface area contributed by atoms with Gasteiger partial charge in [-0.15, -0.1) is 0 Å². The first kappa shape index (κ1) is 73.7. The highest BCUT2D eigenvalue weighted by Crippen LogP contribution is 2.24. The van der Waals surface area contributed by atoms with E-state index in [4.69, 9.17) is 9.47 Å². The van der Waals surface area contributed by atoms with E-state index in [1.54, 1.807) is 0 Å². The number of hydrogen-bond donors (Lipinski definition) is 6. The van der Waals surface area contributed by atoms with Crippen LogP contribution in [0.4, 0.5) is 0 Å². The van der Waals surface area contributed by atoms with Gasteiger partial charge >= 0.3 is 0 Å². The van der Waals surface area contributed by atoms with Gasteiger partial charge in [-0.3, -0.25) is 4.79 Å². The van der Waals surface area contributed by atoms with E-state index in [0.717, 1.165) is 44.9 Å². The molecule has 0 aromatic rings. The molecule has 1 heterocycles. The smallest absolute Gasteiger partial charge is 0.220 e. The highest BCUT2D eigenvalue weighted by molar-refractivity contribution is 5.76. The van der Waals surface area contributed by atoms with E-state index in [1.165, 1.54) is 276 Å². The molecule has 0 spiro atoms. The third kappa shape index (κ3) is 46.9. The van der Waals surface area contributed by atoms with Crippen LogP contribution in [-0.2, 0) is 14.3 Å². The van der Waals surface area contributed by atoms with Crippen molar-refractivity contribution in [1.82, 2.24) is 5.32 Å². The highest BCUT2D eigenvalue weighted by atomic mass is 16.7. The summed E-state index contributed by atoms with van der Waals surface area (Å²) in [5, 5.41) is 54.8. The first-order valence-corrected chi connectivity index (χ1v) is 34.0. The highest BCUT2D eigenvalue weighted by Gasteiger charge is 2.44. The van der Waals surface area contributed by atoms with Crippen LogP contribution in [0.25, 0.3) is 0 Å². The van der Waals surface area contributed by atoms with Crippen LogP contribution in [0.2, 0.25) is 0 Å². The molecule has 7 atom stereocenters. The summed E-state index contributed by atoms with van der Waals surface area (Å²) in [5.41, 5.74) is 0. The van der Waals surface area contributed by atoms with E-state index in [1.807, 2.05) is 0 Å². The Morgan fingerprint density at radius 2 is 0.766 bits per heavy atom. The van der Waals surface area contributed by atoms with E-state index >= 15 is 0 Å². The maximum absolute atomic E-state index is 13.1. The number of nitrogens with one attached hydrogen (secondary N) is 1. The summed E-state index contributed by atoms with van der Waals surface area (Å²) >= 11 is 0.